The highest BCUT2D eigenvalue weighted by molar-refractivity contribution is 7.80. The van der Waals surface area contributed by atoms with Crippen molar-refractivity contribution in [1.29, 1.82) is 0 Å². The predicted molar refractivity (Wildman–Crippen MR) is 77.3 cm³/mol. The molecule has 2 aromatic rings. The Labute approximate surface area is 112 Å². The van der Waals surface area contributed by atoms with Crippen LogP contribution in [-0.2, 0) is 0 Å². The fourth-order valence-electron chi connectivity index (χ4n) is 1.49. The summed E-state index contributed by atoms with van der Waals surface area (Å²) in [4.78, 5) is 14.0. The molecule has 4 heteroatoms. The molecule has 2 aromatic heterocycles. The van der Waals surface area contributed by atoms with Gasteiger partial charge < -0.3 is 0 Å². The van der Waals surface area contributed by atoms with E-state index in [0.717, 1.165) is 22.0 Å². The van der Waals surface area contributed by atoms with Crippen molar-refractivity contribution >= 4 is 22.8 Å². The highest BCUT2D eigenvalue weighted by Gasteiger charge is 2.08. The maximum atomic E-state index is 5.07. The largest absolute Gasteiger partial charge is 0.276 e. The van der Waals surface area contributed by atoms with E-state index in [2.05, 4.69) is 15.0 Å². The van der Waals surface area contributed by atoms with Crippen LogP contribution in [0.25, 0.3) is 0 Å². The molecule has 18 heavy (non-hydrogen) atoms. The van der Waals surface area contributed by atoms with Crippen LogP contribution in [0.15, 0.2) is 53.8 Å². The second-order valence-corrected chi connectivity index (χ2v) is 4.49. The molecule has 0 aliphatic rings. The molecular weight excluding hydrogens is 242 g/mol. The maximum absolute atomic E-state index is 5.07. The Morgan fingerprint density at radius 1 is 1.06 bits per heavy atom. The van der Waals surface area contributed by atoms with Crippen LogP contribution in [0.3, 0.4) is 0 Å². The highest BCUT2D eigenvalue weighted by atomic mass is 32.1. The first kappa shape index (κ1) is 12.5. The molecule has 0 saturated heterocycles. The summed E-state index contributed by atoms with van der Waals surface area (Å²) in [6, 6.07) is 11.5. The molecule has 0 saturated carbocycles. The van der Waals surface area contributed by atoms with Crippen LogP contribution >= 0.6 is 12.2 Å². The van der Waals surface area contributed by atoms with E-state index in [1.165, 1.54) is 0 Å². The van der Waals surface area contributed by atoms with Crippen LogP contribution in [0.2, 0.25) is 0 Å². The van der Waals surface area contributed by atoms with Crippen LogP contribution in [-0.4, -0.2) is 27.1 Å². The molecule has 0 unspecified atom stereocenters. The quantitative estimate of drug-likeness (QED) is 0.623. The molecule has 0 amide bonds. The molecule has 90 valence electrons. The first-order chi connectivity index (χ1) is 8.77. The van der Waals surface area contributed by atoms with Crippen molar-refractivity contribution < 1.29 is 0 Å². The normalized spacial score (nSPS) is 9.83. The van der Waals surface area contributed by atoms with Gasteiger partial charge in [-0.1, -0.05) is 24.4 Å². The Hall–Kier alpha value is -1.94. The Balaban J connectivity index is 2.42. The Kier molecular flexibility index (Phi) is 4.25. The fourth-order valence-corrected chi connectivity index (χ4v) is 1.55. The van der Waals surface area contributed by atoms with Gasteiger partial charge in [0, 0.05) is 17.3 Å². The Bertz CT molecular complexity index is 508. The Morgan fingerprint density at radius 2 is 1.61 bits per heavy atom. The molecule has 0 fully saturated rings. The molecule has 0 spiro atoms. The molecule has 2 rings (SSSR count). The smallest absolute Gasteiger partial charge is 0.109 e. The summed E-state index contributed by atoms with van der Waals surface area (Å²) in [5.74, 6) is 0. The highest BCUT2D eigenvalue weighted by Crippen LogP contribution is 2.06. The number of hydrogen-bond donors (Lipinski definition) is 0. The molecule has 0 aromatic carbocycles. The molecule has 0 atom stereocenters. The maximum Gasteiger partial charge on any atom is 0.109 e. The van der Waals surface area contributed by atoms with Gasteiger partial charge in [-0.15, -0.1) is 0 Å². The van der Waals surface area contributed by atoms with Gasteiger partial charge in [0.2, 0.25) is 0 Å². The van der Waals surface area contributed by atoms with Crippen molar-refractivity contribution in [2.75, 3.05) is 6.54 Å². The van der Waals surface area contributed by atoms with Crippen molar-refractivity contribution in [1.82, 2.24) is 9.97 Å². The zero-order valence-electron chi connectivity index (χ0n) is 10.1. The van der Waals surface area contributed by atoms with Gasteiger partial charge in [-0.05, 0) is 31.2 Å². The monoisotopic (exact) mass is 255 g/mol. The summed E-state index contributed by atoms with van der Waals surface area (Å²) in [7, 11) is 0. The Morgan fingerprint density at radius 3 is 2.00 bits per heavy atom. The summed E-state index contributed by atoms with van der Waals surface area (Å²) in [6.07, 6.45) is 3.50. The minimum absolute atomic E-state index is 0.512. The van der Waals surface area contributed by atoms with Crippen LogP contribution < -0.4 is 0 Å². The van der Waals surface area contributed by atoms with Gasteiger partial charge >= 0.3 is 0 Å². The van der Waals surface area contributed by atoms with E-state index < -0.39 is 0 Å². The molecule has 0 aliphatic heterocycles. The third-order valence-electron chi connectivity index (χ3n) is 2.27. The van der Waals surface area contributed by atoms with Gasteiger partial charge in [-0.25, -0.2) is 0 Å². The number of hydrogen-bond acceptors (Lipinski definition) is 4. The standard InChI is InChI=1S/C14H13N3S/c1-11(18)10-17-14(12-6-2-4-8-15-12)13-7-3-5-9-16-13/h2-9H,10H2,1H3. The topological polar surface area (TPSA) is 38.1 Å². The van der Waals surface area contributed by atoms with Crippen molar-refractivity contribution in [3.63, 3.8) is 0 Å². The number of nitrogens with zero attached hydrogens (tertiary/aromatic N) is 3. The van der Waals surface area contributed by atoms with Crippen LogP contribution in [0.4, 0.5) is 0 Å². The molecule has 2 heterocycles. The summed E-state index contributed by atoms with van der Waals surface area (Å²) < 4.78 is 0. The first-order valence-corrected chi connectivity index (χ1v) is 6.05. The van der Waals surface area contributed by atoms with Gasteiger partial charge in [0.15, 0.2) is 0 Å². The second kappa shape index (κ2) is 6.12. The van der Waals surface area contributed by atoms with Gasteiger partial charge in [0.25, 0.3) is 0 Å². The average Bonchev–Trinajstić information content (AvgIpc) is 2.41. The van der Waals surface area contributed by atoms with Crippen LogP contribution in [0.5, 0.6) is 0 Å². The SMILES string of the molecule is CC(=S)CN=C(c1ccccn1)c1ccccn1. The molecule has 0 N–H and O–H groups in total. The lowest BCUT2D eigenvalue weighted by Gasteiger charge is -2.05. The third-order valence-corrected chi connectivity index (χ3v) is 2.40. The lowest BCUT2D eigenvalue weighted by molar-refractivity contribution is 1.20. The number of aromatic nitrogens is 2. The zero-order chi connectivity index (χ0) is 12.8. The molecule has 3 nitrogen and oxygen atoms in total. The lowest BCUT2D eigenvalue weighted by Crippen LogP contribution is -2.09. The van der Waals surface area contributed by atoms with Crippen LogP contribution in [0.1, 0.15) is 18.3 Å². The molecule has 0 aliphatic carbocycles. The number of thiocarbonyl (C=S) groups is 1. The van der Waals surface area contributed by atoms with E-state index in [9.17, 15) is 0 Å². The molecule has 0 radical (unpaired) electrons. The average molecular weight is 255 g/mol. The first-order valence-electron chi connectivity index (χ1n) is 5.64. The number of pyridine rings is 2. The molecule has 0 bridgehead atoms. The number of rotatable bonds is 4. The summed E-state index contributed by atoms with van der Waals surface area (Å²) in [5.41, 5.74) is 2.40. The van der Waals surface area contributed by atoms with Gasteiger partial charge in [0.05, 0.1) is 17.9 Å². The van der Waals surface area contributed by atoms with E-state index in [1.54, 1.807) is 12.4 Å². The van der Waals surface area contributed by atoms with Crippen molar-refractivity contribution in [2.45, 2.75) is 6.92 Å². The predicted octanol–water partition coefficient (Wildman–Crippen LogP) is 2.70. The lowest BCUT2D eigenvalue weighted by atomic mass is 10.1. The van der Waals surface area contributed by atoms with Crippen molar-refractivity contribution in [2.24, 2.45) is 4.99 Å². The van der Waals surface area contributed by atoms with E-state index in [0.29, 0.717) is 6.54 Å². The zero-order valence-corrected chi connectivity index (χ0v) is 10.9. The summed E-state index contributed by atoms with van der Waals surface area (Å²) in [5, 5.41) is 0. The van der Waals surface area contributed by atoms with Crippen molar-refractivity contribution in [3.05, 3.63) is 60.2 Å². The van der Waals surface area contributed by atoms with E-state index >= 15 is 0 Å². The van der Waals surface area contributed by atoms with Gasteiger partial charge in [0.1, 0.15) is 5.71 Å². The summed E-state index contributed by atoms with van der Waals surface area (Å²) in [6.45, 7) is 2.39. The number of aliphatic imine (C=N–C) groups is 1. The van der Waals surface area contributed by atoms with Crippen molar-refractivity contribution in [3.8, 4) is 0 Å². The van der Waals surface area contributed by atoms with Crippen LogP contribution in [0, 0.1) is 0 Å². The minimum atomic E-state index is 0.512. The van der Waals surface area contributed by atoms with E-state index in [-0.39, 0.29) is 0 Å². The fraction of sp³-hybridized carbons (Fsp3) is 0.143. The van der Waals surface area contributed by atoms with Gasteiger partial charge in [-0.2, -0.15) is 0 Å². The third kappa shape index (κ3) is 3.28. The summed E-state index contributed by atoms with van der Waals surface area (Å²) >= 11 is 5.07. The molecular formula is C14H13N3S. The second-order valence-electron chi connectivity index (χ2n) is 3.80. The van der Waals surface area contributed by atoms with E-state index in [1.807, 2.05) is 43.3 Å². The minimum Gasteiger partial charge on any atom is -0.276 e. The van der Waals surface area contributed by atoms with E-state index in [4.69, 9.17) is 12.2 Å². The van der Waals surface area contributed by atoms with Gasteiger partial charge in [-0.3, -0.25) is 15.0 Å².